The van der Waals surface area contributed by atoms with Gasteiger partial charge in [-0.15, -0.1) is 0 Å². The largest absolute Gasteiger partial charge is 0.416 e. The van der Waals surface area contributed by atoms with E-state index in [2.05, 4.69) is 43.1 Å². The number of carbonyl (C=O) groups is 1. The number of pyridine rings is 1. The third-order valence-electron chi connectivity index (χ3n) is 6.98. The van der Waals surface area contributed by atoms with Crippen molar-refractivity contribution in [3.8, 4) is 0 Å². The Bertz CT molecular complexity index is 1250. The fraction of sp³-hybridized carbons (Fsp3) is 0.357. The highest BCUT2D eigenvalue weighted by atomic mass is 127. The summed E-state index contributed by atoms with van der Waals surface area (Å²) in [5.74, 6) is -1.05. The smallest absolute Gasteiger partial charge is 0.334 e. The number of benzene rings is 2. The standard InChI is InChI=1S/C28H29F4IN4O/c1-37(2)24-10-6-9-23(24)35-26(38)36-27(16-18-7-4-3-5-8-18,25-12-11-22(33)17-34-25)19-13-20(28(30,31)32)15-21(29)14-19/h3-5,7-8,11-15,17,23-24H,6,9-10,16H2,1-2H3,(H2,35,36,38)/t23-,24-,27-/m1/s1. The molecule has 0 bridgehead atoms. The van der Waals surface area contributed by atoms with E-state index in [-0.39, 0.29) is 24.1 Å². The molecule has 1 fully saturated rings. The SMILES string of the molecule is CN(C)[C@@H]1CCC[C@H]1NC(=O)N[C@](Cc1ccccc1)(c1cc(F)cc(C(F)(F)F)c1)c1ccc(I)cn1. The number of nitrogens with one attached hydrogen (secondary N) is 2. The van der Waals surface area contributed by atoms with Crippen molar-refractivity contribution in [3.05, 3.63) is 98.6 Å². The van der Waals surface area contributed by atoms with Crippen LogP contribution in [0.2, 0.25) is 0 Å². The molecule has 1 saturated carbocycles. The van der Waals surface area contributed by atoms with E-state index < -0.39 is 29.1 Å². The highest BCUT2D eigenvalue weighted by Gasteiger charge is 2.42. The van der Waals surface area contributed by atoms with E-state index in [4.69, 9.17) is 0 Å². The molecule has 1 aliphatic rings. The number of halogens is 5. The van der Waals surface area contributed by atoms with E-state index in [1.54, 1.807) is 30.5 Å². The molecule has 0 aliphatic heterocycles. The van der Waals surface area contributed by atoms with Crippen LogP contribution in [0.5, 0.6) is 0 Å². The highest BCUT2D eigenvalue weighted by Crippen LogP contribution is 2.38. The van der Waals surface area contributed by atoms with Crippen LogP contribution < -0.4 is 10.6 Å². The minimum Gasteiger partial charge on any atom is -0.334 e. The third kappa shape index (κ3) is 6.45. The zero-order valence-corrected chi connectivity index (χ0v) is 23.2. The molecule has 4 rings (SSSR count). The second-order valence-electron chi connectivity index (χ2n) is 9.82. The van der Waals surface area contributed by atoms with Crippen LogP contribution in [0.3, 0.4) is 0 Å². The molecular weight excluding hydrogens is 611 g/mol. The van der Waals surface area contributed by atoms with Crippen LogP contribution in [0, 0.1) is 9.39 Å². The first kappa shape index (κ1) is 28.3. The fourth-order valence-corrected chi connectivity index (χ4v) is 5.50. The van der Waals surface area contributed by atoms with E-state index in [0.717, 1.165) is 40.5 Å². The van der Waals surface area contributed by atoms with Gasteiger partial charge < -0.3 is 15.5 Å². The summed E-state index contributed by atoms with van der Waals surface area (Å²) >= 11 is 2.08. The van der Waals surface area contributed by atoms with Crippen LogP contribution in [0.25, 0.3) is 0 Å². The maximum Gasteiger partial charge on any atom is 0.416 e. The highest BCUT2D eigenvalue weighted by molar-refractivity contribution is 14.1. The lowest BCUT2D eigenvalue weighted by Gasteiger charge is -2.37. The van der Waals surface area contributed by atoms with Gasteiger partial charge in [0.05, 0.1) is 11.3 Å². The topological polar surface area (TPSA) is 57.3 Å². The first-order valence-electron chi connectivity index (χ1n) is 12.3. The number of hydrogen-bond donors (Lipinski definition) is 2. The maximum atomic E-state index is 14.8. The predicted octanol–water partition coefficient (Wildman–Crippen LogP) is 6.11. The van der Waals surface area contributed by atoms with Crippen LogP contribution in [-0.2, 0) is 18.1 Å². The molecule has 1 aliphatic carbocycles. The molecule has 202 valence electrons. The van der Waals surface area contributed by atoms with Crippen molar-refractivity contribution in [1.29, 1.82) is 0 Å². The van der Waals surface area contributed by atoms with Crippen molar-refractivity contribution in [1.82, 2.24) is 20.5 Å². The third-order valence-corrected chi connectivity index (χ3v) is 7.62. The number of alkyl halides is 3. The Morgan fingerprint density at radius 3 is 2.39 bits per heavy atom. The summed E-state index contributed by atoms with van der Waals surface area (Å²) in [5, 5.41) is 5.98. The first-order chi connectivity index (χ1) is 18.0. The molecule has 1 aromatic heterocycles. The van der Waals surface area contributed by atoms with Crippen LogP contribution in [0.4, 0.5) is 22.4 Å². The van der Waals surface area contributed by atoms with E-state index in [0.29, 0.717) is 11.8 Å². The minimum atomic E-state index is -4.78. The summed E-state index contributed by atoms with van der Waals surface area (Å²) in [5.41, 5.74) is -1.75. The van der Waals surface area contributed by atoms with Crippen LogP contribution >= 0.6 is 22.6 Å². The van der Waals surface area contributed by atoms with Gasteiger partial charge in [0.1, 0.15) is 11.4 Å². The van der Waals surface area contributed by atoms with Crippen molar-refractivity contribution >= 4 is 28.6 Å². The zero-order valence-electron chi connectivity index (χ0n) is 21.0. The normalized spacial score (nSPS) is 19.3. The number of aromatic nitrogens is 1. The fourth-order valence-electron chi connectivity index (χ4n) is 5.18. The van der Waals surface area contributed by atoms with Crippen molar-refractivity contribution < 1.29 is 22.4 Å². The maximum absolute atomic E-state index is 14.8. The lowest BCUT2D eigenvalue weighted by atomic mass is 9.79. The Morgan fingerprint density at radius 2 is 1.76 bits per heavy atom. The summed E-state index contributed by atoms with van der Waals surface area (Å²) in [7, 11) is 3.90. The number of urea groups is 1. The van der Waals surface area contributed by atoms with Crippen molar-refractivity contribution in [2.45, 2.75) is 49.5 Å². The Morgan fingerprint density at radius 1 is 1.05 bits per heavy atom. The second-order valence-corrected chi connectivity index (χ2v) is 11.1. The van der Waals surface area contributed by atoms with Crippen molar-refractivity contribution in [2.24, 2.45) is 0 Å². The molecule has 10 heteroatoms. The number of rotatable bonds is 7. The van der Waals surface area contributed by atoms with E-state index >= 15 is 0 Å². The van der Waals surface area contributed by atoms with Gasteiger partial charge in [0.15, 0.2) is 0 Å². The Labute approximate surface area is 233 Å². The van der Waals surface area contributed by atoms with Crippen LogP contribution in [0.1, 0.15) is 41.6 Å². The monoisotopic (exact) mass is 640 g/mol. The molecule has 5 nitrogen and oxygen atoms in total. The molecular formula is C28H29F4IN4O. The average Bonchev–Trinajstić information content (AvgIpc) is 3.32. The summed E-state index contributed by atoms with van der Waals surface area (Å²) in [6, 6.07) is 14.3. The summed E-state index contributed by atoms with van der Waals surface area (Å²) in [6.07, 6.45) is -0.511. The van der Waals surface area contributed by atoms with E-state index in [9.17, 15) is 22.4 Å². The van der Waals surface area contributed by atoms with Gasteiger partial charge in [0, 0.05) is 28.3 Å². The molecule has 0 radical (unpaired) electrons. The van der Waals surface area contributed by atoms with E-state index in [1.807, 2.05) is 32.3 Å². The molecule has 1 heterocycles. The Balaban J connectivity index is 1.86. The number of carbonyl (C=O) groups excluding carboxylic acids is 1. The minimum absolute atomic E-state index is 0.0480. The first-order valence-corrected chi connectivity index (χ1v) is 13.3. The predicted molar refractivity (Wildman–Crippen MR) is 146 cm³/mol. The van der Waals surface area contributed by atoms with Gasteiger partial charge >= 0.3 is 12.2 Å². The van der Waals surface area contributed by atoms with E-state index in [1.165, 1.54) is 0 Å². The van der Waals surface area contributed by atoms with Crippen LogP contribution in [0.15, 0.2) is 66.9 Å². The molecule has 2 amide bonds. The number of likely N-dealkylation sites (N-methyl/N-ethyl adjacent to an activating group) is 1. The number of nitrogens with zero attached hydrogens (tertiary/aromatic N) is 2. The van der Waals surface area contributed by atoms with Gasteiger partial charge in [0.2, 0.25) is 0 Å². The van der Waals surface area contributed by atoms with Crippen molar-refractivity contribution in [3.63, 3.8) is 0 Å². The number of hydrogen-bond acceptors (Lipinski definition) is 3. The summed E-state index contributed by atoms with van der Waals surface area (Å²) in [6.45, 7) is 0. The Hall–Kier alpha value is -2.73. The average molecular weight is 640 g/mol. The Kier molecular flexibility index (Phi) is 8.61. The lowest BCUT2D eigenvalue weighted by Crippen LogP contribution is -2.56. The molecule has 3 atom stereocenters. The molecule has 0 saturated heterocycles. The summed E-state index contributed by atoms with van der Waals surface area (Å²) in [4.78, 5) is 20.1. The number of amides is 2. The van der Waals surface area contributed by atoms with Gasteiger partial charge in [0.25, 0.3) is 0 Å². The molecule has 38 heavy (non-hydrogen) atoms. The van der Waals surface area contributed by atoms with Gasteiger partial charge in [-0.05, 0) is 97.4 Å². The van der Waals surface area contributed by atoms with Gasteiger partial charge in [-0.1, -0.05) is 30.3 Å². The molecule has 2 aromatic carbocycles. The second kappa shape index (κ2) is 11.6. The molecule has 0 unspecified atom stereocenters. The van der Waals surface area contributed by atoms with Crippen LogP contribution in [-0.4, -0.2) is 42.1 Å². The summed E-state index contributed by atoms with van der Waals surface area (Å²) < 4.78 is 56.9. The lowest BCUT2D eigenvalue weighted by molar-refractivity contribution is -0.137. The molecule has 0 spiro atoms. The van der Waals surface area contributed by atoms with Gasteiger partial charge in [-0.25, -0.2) is 9.18 Å². The molecule has 2 N–H and O–H groups in total. The van der Waals surface area contributed by atoms with Gasteiger partial charge in [-0.3, -0.25) is 4.98 Å². The van der Waals surface area contributed by atoms with Crippen molar-refractivity contribution in [2.75, 3.05) is 14.1 Å². The van der Waals surface area contributed by atoms with Gasteiger partial charge in [-0.2, -0.15) is 13.2 Å². The molecule has 3 aromatic rings. The quantitative estimate of drug-likeness (QED) is 0.242. The zero-order chi connectivity index (χ0) is 27.5.